The third-order valence-electron chi connectivity index (χ3n) is 4.24. The number of carbonyl (C=O) groups is 1. The molecule has 0 aliphatic carbocycles. The van der Waals surface area contributed by atoms with E-state index in [9.17, 15) is 9.18 Å². The number of rotatable bonds is 5. The van der Waals surface area contributed by atoms with E-state index in [0.29, 0.717) is 36.0 Å². The first-order chi connectivity index (χ1) is 12.1. The molecule has 1 amide bonds. The summed E-state index contributed by atoms with van der Waals surface area (Å²) in [6.07, 6.45) is 0. The van der Waals surface area contributed by atoms with Crippen LogP contribution in [0.4, 0.5) is 4.39 Å². The van der Waals surface area contributed by atoms with E-state index in [4.69, 9.17) is 16.3 Å². The third kappa shape index (κ3) is 4.94. The van der Waals surface area contributed by atoms with Gasteiger partial charge in [-0.2, -0.15) is 0 Å². The van der Waals surface area contributed by atoms with Crippen LogP contribution >= 0.6 is 11.6 Å². The molecule has 4 nitrogen and oxygen atoms in total. The molecule has 1 saturated heterocycles. The minimum absolute atomic E-state index is 0.0406. The molecule has 0 spiro atoms. The summed E-state index contributed by atoms with van der Waals surface area (Å²) < 4.78 is 18.5. The Kier molecular flexibility index (Phi) is 5.89. The van der Waals surface area contributed by atoms with Crippen molar-refractivity contribution in [2.24, 2.45) is 0 Å². The maximum absolute atomic E-state index is 12.8. The Morgan fingerprint density at radius 1 is 1.00 bits per heavy atom. The van der Waals surface area contributed by atoms with E-state index in [0.717, 1.165) is 19.6 Å². The zero-order valence-corrected chi connectivity index (χ0v) is 14.6. The van der Waals surface area contributed by atoms with Crippen molar-refractivity contribution in [1.29, 1.82) is 0 Å². The molecule has 1 aliphatic rings. The van der Waals surface area contributed by atoms with Gasteiger partial charge in [0.05, 0.1) is 0 Å². The number of hydrogen-bond acceptors (Lipinski definition) is 3. The highest BCUT2D eigenvalue weighted by Crippen LogP contribution is 2.14. The topological polar surface area (TPSA) is 32.8 Å². The Morgan fingerprint density at radius 2 is 1.64 bits per heavy atom. The summed E-state index contributed by atoms with van der Waals surface area (Å²) in [5.41, 5.74) is 0.664. The lowest BCUT2D eigenvalue weighted by atomic mass is 10.2. The summed E-state index contributed by atoms with van der Waals surface area (Å²) >= 11 is 5.86. The minimum atomic E-state index is -0.270. The first-order valence-corrected chi connectivity index (χ1v) is 8.65. The molecule has 3 rings (SSSR count). The van der Waals surface area contributed by atoms with Crippen molar-refractivity contribution >= 4 is 17.5 Å². The summed E-state index contributed by atoms with van der Waals surface area (Å²) in [4.78, 5) is 16.6. The molecular weight excluding hydrogens is 343 g/mol. The first-order valence-electron chi connectivity index (χ1n) is 8.27. The largest absolute Gasteiger partial charge is 0.492 e. The Morgan fingerprint density at radius 3 is 2.28 bits per heavy atom. The van der Waals surface area contributed by atoms with Crippen molar-refractivity contribution in [1.82, 2.24) is 9.80 Å². The molecule has 0 unspecified atom stereocenters. The van der Waals surface area contributed by atoms with Crippen molar-refractivity contribution in [2.75, 3.05) is 39.3 Å². The molecule has 6 heteroatoms. The van der Waals surface area contributed by atoms with Crippen LogP contribution in [0.25, 0.3) is 0 Å². The fourth-order valence-corrected chi connectivity index (χ4v) is 2.90. The summed E-state index contributed by atoms with van der Waals surface area (Å²) in [7, 11) is 0. The van der Waals surface area contributed by atoms with Crippen molar-refractivity contribution in [3.8, 4) is 5.75 Å². The Labute approximate surface area is 151 Å². The van der Waals surface area contributed by atoms with Crippen LogP contribution in [-0.2, 0) is 0 Å². The summed E-state index contributed by atoms with van der Waals surface area (Å²) in [6.45, 7) is 4.32. The van der Waals surface area contributed by atoms with E-state index in [2.05, 4.69) is 4.90 Å². The average Bonchev–Trinajstić information content (AvgIpc) is 2.64. The van der Waals surface area contributed by atoms with Crippen molar-refractivity contribution < 1.29 is 13.9 Å². The Hall–Kier alpha value is -2.11. The fraction of sp³-hybridized carbons (Fsp3) is 0.316. The lowest BCUT2D eigenvalue weighted by Gasteiger charge is -2.34. The van der Waals surface area contributed by atoms with Gasteiger partial charge in [0, 0.05) is 43.3 Å². The molecule has 1 heterocycles. The zero-order chi connectivity index (χ0) is 17.6. The molecule has 1 aliphatic heterocycles. The van der Waals surface area contributed by atoms with Crippen LogP contribution in [0.5, 0.6) is 5.75 Å². The SMILES string of the molecule is O=C(c1ccc(Cl)cc1)N1CCN(CCOc2ccc(F)cc2)CC1. The molecule has 0 radical (unpaired) electrons. The van der Waals surface area contributed by atoms with Gasteiger partial charge >= 0.3 is 0 Å². The number of carbonyl (C=O) groups excluding carboxylic acids is 1. The van der Waals surface area contributed by atoms with Gasteiger partial charge in [0.1, 0.15) is 18.2 Å². The van der Waals surface area contributed by atoms with Gasteiger partial charge in [0.25, 0.3) is 5.91 Å². The number of ether oxygens (including phenoxy) is 1. The lowest BCUT2D eigenvalue weighted by Crippen LogP contribution is -2.49. The van der Waals surface area contributed by atoms with Crippen LogP contribution in [0.15, 0.2) is 48.5 Å². The van der Waals surface area contributed by atoms with E-state index in [1.54, 1.807) is 36.4 Å². The number of piperazine rings is 1. The third-order valence-corrected chi connectivity index (χ3v) is 4.49. The Bertz CT molecular complexity index is 698. The predicted molar refractivity (Wildman–Crippen MR) is 95.7 cm³/mol. The van der Waals surface area contributed by atoms with Crippen LogP contribution in [0.2, 0.25) is 5.02 Å². The van der Waals surface area contributed by atoms with Gasteiger partial charge in [-0.05, 0) is 48.5 Å². The van der Waals surface area contributed by atoms with E-state index in [1.807, 2.05) is 4.90 Å². The smallest absolute Gasteiger partial charge is 0.253 e. The highest BCUT2D eigenvalue weighted by molar-refractivity contribution is 6.30. The summed E-state index contributed by atoms with van der Waals surface area (Å²) in [5.74, 6) is 0.436. The summed E-state index contributed by atoms with van der Waals surface area (Å²) in [5, 5.41) is 0.627. The summed E-state index contributed by atoms with van der Waals surface area (Å²) in [6, 6.07) is 13.0. The van der Waals surface area contributed by atoms with E-state index in [1.165, 1.54) is 12.1 Å². The Balaban J connectivity index is 1.41. The van der Waals surface area contributed by atoms with Crippen LogP contribution in [0.3, 0.4) is 0 Å². The molecule has 0 atom stereocenters. The molecular formula is C19H20ClFN2O2. The minimum Gasteiger partial charge on any atom is -0.492 e. The predicted octanol–water partition coefficient (Wildman–Crippen LogP) is 3.32. The first kappa shape index (κ1) is 17.7. The number of hydrogen-bond donors (Lipinski definition) is 0. The van der Waals surface area contributed by atoms with Gasteiger partial charge in [-0.15, -0.1) is 0 Å². The standard InChI is InChI=1S/C19H20ClFN2O2/c20-16-3-1-15(2-4-16)19(24)23-11-9-22(10-12-23)13-14-25-18-7-5-17(21)6-8-18/h1-8H,9-14H2. The van der Waals surface area contributed by atoms with Crippen molar-refractivity contribution in [3.63, 3.8) is 0 Å². The van der Waals surface area contributed by atoms with Crippen LogP contribution < -0.4 is 4.74 Å². The van der Waals surface area contributed by atoms with Crippen molar-refractivity contribution in [3.05, 3.63) is 64.9 Å². The van der Waals surface area contributed by atoms with Gasteiger partial charge in [-0.25, -0.2) is 4.39 Å². The lowest BCUT2D eigenvalue weighted by molar-refractivity contribution is 0.0620. The van der Waals surface area contributed by atoms with Gasteiger partial charge in [0.2, 0.25) is 0 Å². The quantitative estimate of drug-likeness (QED) is 0.818. The van der Waals surface area contributed by atoms with E-state index in [-0.39, 0.29) is 11.7 Å². The number of halogens is 2. The second-order valence-corrected chi connectivity index (χ2v) is 6.38. The van der Waals surface area contributed by atoms with Gasteiger partial charge in [-0.1, -0.05) is 11.6 Å². The molecule has 132 valence electrons. The van der Waals surface area contributed by atoms with Gasteiger partial charge < -0.3 is 9.64 Å². The maximum atomic E-state index is 12.8. The molecule has 25 heavy (non-hydrogen) atoms. The van der Waals surface area contributed by atoms with Crippen LogP contribution in [-0.4, -0.2) is 55.0 Å². The highest BCUT2D eigenvalue weighted by Gasteiger charge is 2.21. The second kappa shape index (κ2) is 8.32. The molecule has 2 aromatic carbocycles. The van der Waals surface area contributed by atoms with Crippen molar-refractivity contribution in [2.45, 2.75) is 0 Å². The van der Waals surface area contributed by atoms with E-state index >= 15 is 0 Å². The molecule has 2 aromatic rings. The number of nitrogens with zero attached hydrogens (tertiary/aromatic N) is 2. The van der Waals surface area contributed by atoms with Crippen LogP contribution in [0.1, 0.15) is 10.4 Å². The van der Waals surface area contributed by atoms with Gasteiger partial charge in [0.15, 0.2) is 0 Å². The zero-order valence-electron chi connectivity index (χ0n) is 13.8. The molecule has 0 bridgehead atoms. The monoisotopic (exact) mass is 362 g/mol. The number of amides is 1. The molecule has 0 N–H and O–H groups in total. The molecule has 1 fully saturated rings. The number of benzene rings is 2. The molecule has 0 aromatic heterocycles. The second-order valence-electron chi connectivity index (χ2n) is 5.94. The molecule has 0 saturated carbocycles. The van der Waals surface area contributed by atoms with Gasteiger partial charge in [-0.3, -0.25) is 9.69 Å². The highest BCUT2D eigenvalue weighted by atomic mass is 35.5. The van der Waals surface area contributed by atoms with E-state index < -0.39 is 0 Å². The normalized spacial score (nSPS) is 15.2. The maximum Gasteiger partial charge on any atom is 0.253 e. The van der Waals surface area contributed by atoms with Crippen LogP contribution in [0, 0.1) is 5.82 Å². The fourth-order valence-electron chi connectivity index (χ4n) is 2.77. The average molecular weight is 363 g/mol.